The highest BCUT2D eigenvalue weighted by molar-refractivity contribution is 5.90. The van der Waals surface area contributed by atoms with Crippen LogP contribution in [-0.2, 0) is 0 Å². The Labute approximate surface area is 171 Å². The van der Waals surface area contributed by atoms with E-state index in [4.69, 9.17) is 0 Å². The highest BCUT2D eigenvalue weighted by Gasteiger charge is 2.20. The third kappa shape index (κ3) is 5.50. The zero-order valence-corrected chi connectivity index (χ0v) is 17.1. The minimum Gasteiger partial charge on any atom is -0.349 e. The standard InChI is InChI=1S/C19H27FN6O.ClH/c1-14(2)18-23-17(24-26(18)16-7-4-3-6-15(16)20)19(27)22-8-5-11-25-12-9-21-10-13-25;/h3-4,6-7,14,21H,5,8-13H2,1-2H3,(H,22,27);1H. The number of aromatic nitrogens is 3. The highest BCUT2D eigenvalue weighted by atomic mass is 35.5. The Balaban J connectivity index is 0.00000280. The number of carbonyl (C=O) groups excluding carboxylic acids is 1. The summed E-state index contributed by atoms with van der Waals surface area (Å²) in [6.07, 6.45) is 0.872. The Hall–Kier alpha value is -2.03. The predicted molar refractivity (Wildman–Crippen MR) is 109 cm³/mol. The van der Waals surface area contributed by atoms with E-state index >= 15 is 0 Å². The molecule has 1 aromatic carbocycles. The van der Waals surface area contributed by atoms with Gasteiger partial charge in [-0.25, -0.2) is 14.1 Å². The van der Waals surface area contributed by atoms with Crippen LogP contribution in [0.3, 0.4) is 0 Å². The Bertz CT molecular complexity index is 776. The van der Waals surface area contributed by atoms with Gasteiger partial charge in [0.1, 0.15) is 17.3 Å². The summed E-state index contributed by atoms with van der Waals surface area (Å²) in [4.78, 5) is 19.2. The van der Waals surface area contributed by atoms with Crippen molar-refractivity contribution in [1.82, 2.24) is 30.3 Å². The van der Waals surface area contributed by atoms with E-state index in [9.17, 15) is 9.18 Å². The van der Waals surface area contributed by atoms with Gasteiger partial charge in [-0.15, -0.1) is 17.5 Å². The molecule has 2 heterocycles. The normalized spacial score (nSPS) is 14.7. The lowest BCUT2D eigenvalue weighted by molar-refractivity contribution is 0.0941. The molecule has 0 atom stereocenters. The third-order valence-electron chi connectivity index (χ3n) is 4.58. The molecule has 2 N–H and O–H groups in total. The average Bonchev–Trinajstić information content (AvgIpc) is 3.12. The lowest BCUT2D eigenvalue weighted by atomic mass is 10.2. The summed E-state index contributed by atoms with van der Waals surface area (Å²) in [5.74, 6) is -0.0823. The van der Waals surface area contributed by atoms with Crippen molar-refractivity contribution in [2.45, 2.75) is 26.2 Å². The number of piperazine rings is 1. The quantitative estimate of drug-likeness (QED) is 0.683. The minimum absolute atomic E-state index is 0. The molecule has 0 unspecified atom stereocenters. The summed E-state index contributed by atoms with van der Waals surface area (Å²) in [5.41, 5.74) is 0.298. The monoisotopic (exact) mass is 410 g/mol. The molecule has 2 aromatic rings. The van der Waals surface area contributed by atoms with Crippen LogP contribution in [0.2, 0.25) is 0 Å². The molecule has 9 heteroatoms. The first-order valence-electron chi connectivity index (χ1n) is 9.49. The van der Waals surface area contributed by atoms with Crippen LogP contribution in [-0.4, -0.2) is 64.8 Å². The largest absolute Gasteiger partial charge is 0.349 e. The first-order valence-corrected chi connectivity index (χ1v) is 9.49. The molecule has 154 valence electrons. The minimum atomic E-state index is -0.396. The smallest absolute Gasteiger partial charge is 0.290 e. The molecule has 0 saturated carbocycles. The summed E-state index contributed by atoms with van der Waals surface area (Å²) in [6, 6.07) is 6.36. The van der Waals surface area contributed by atoms with Crippen molar-refractivity contribution in [2.75, 3.05) is 39.3 Å². The van der Waals surface area contributed by atoms with Gasteiger partial charge in [0.25, 0.3) is 5.91 Å². The van der Waals surface area contributed by atoms with Gasteiger partial charge >= 0.3 is 0 Å². The molecule has 1 amide bonds. The van der Waals surface area contributed by atoms with Crippen LogP contribution in [0.5, 0.6) is 0 Å². The van der Waals surface area contributed by atoms with Gasteiger partial charge in [-0.3, -0.25) is 4.79 Å². The molecule has 0 radical (unpaired) electrons. The van der Waals surface area contributed by atoms with Crippen LogP contribution >= 0.6 is 12.4 Å². The van der Waals surface area contributed by atoms with Crippen molar-refractivity contribution in [2.24, 2.45) is 0 Å². The van der Waals surface area contributed by atoms with E-state index in [1.165, 1.54) is 10.7 Å². The summed E-state index contributed by atoms with van der Waals surface area (Å²) in [7, 11) is 0. The molecule has 1 fully saturated rings. The van der Waals surface area contributed by atoms with E-state index in [1.807, 2.05) is 13.8 Å². The predicted octanol–water partition coefficient (Wildman–Crippen LogP) is 1.98. The maximum absolute atomic E-state index is 14.2. The summed E-state index contributed by atoms with van der Waals surface area (Å²) < 4.78 is 15.6. The second-order valence-electron chi connectivity index (χ2n) is 7.01. The number of halogens is 2. The number of amides is 1. The maximum Gasteiger partial charge on any atom is 0.290 e. The number of benzene rings is 1. The SMILES string of the molecule is CC(C)c1nc(C(=O)NCCCN2CCNCC2)nn1-c1ccccc1F.Cl. The summed E-state index contributed by atoms with van der Waals surface area (Å²) >= 11 is 0. The molecule has 7 nitrogen and oxygen atoms in total. The van der Waals surface area contributed by atoms with Crippen LogP contribution in [0, 0.1) is 5.82 Å². The maximum atomic E-state index is 14.2. The fourth-order valence-electron chi connectivity index (χ4n) is 3.11. The molecule has 3 rings (SSSR count). The first kappa shape index (κ1) is 22.3. The third-order valence-corrected chi connectivity index (χ3v) is 4.58. The number of nitrogens with one attached hydrogen (secondary N) is 2. The van der Waals surface area contributed by atoms with E-state index < -0.39 is 5.82 Å². The molecule has 1 aromatic heterocycles. The second-order valence-corrected chi connectivity index (χ2v) is 7.01. The fourth-order valence-corrected chi connectivity index (χ4v) is 3.11. The van der Waals surface area contributed by atoms with E-state index in [-0.39, 0.29) is 30.1 Å². The molecular formula is C19H28ClFN6O. The van der Waals surface area contributed by atoms with E-state index in [1.54, 1.807) is 18.2 Å². The second kappa shape index (κ2) is 10.5. The van der Waals surface area contributed by atoms with Crippen molar-refractivity contribution in [3.8, 4) is 5.69 Å². The number of hydrogen-bond acceptors (Lipinski definition) is 5. The topological polar surface area (TPSA) is 75.1 Å². The molecule has 28 heavy (non-hydrogen) atoms. The van der Waals surface area contributed by atoms with Crippen molar-refractivity contribution in [3.63, 3.8) is 0 Å². The number of nitrogens with zero attached hydrogens (tertiary/aromatic N) is 4. The lowest BCUT2D eigenvalue weighted by Crippen LogP contribution is -2.44. The van der Waals surface area contributed by atoms with Gasteiger partial charge in [0.05, 0.1) is 0 Å². The van der Waals surface area contributed by atoms with Crippen molar-refractivity contribution in [3.05, 3.63) is 41.7 Å². The average molecular weight is 411 g/mol. The molecule has 0 aliphatic carbocycles. The van der Waals surface area contributed by atoms with Crippen molar-refractivity contribution in [1.29, 1.82) is 0 Å². The van der Waals surface area contributed by atoms with Crippen LogP contribution in [0.1, 0.15) is 42.6 Å². The zero-order chi connectivity index (χ0) is 19.2. The molecule has 0 bridgehead atoms. The van der Waals surface area contributed by atoms with E-state index in [0.717, 1.165) is 39.1 Å². The Morgan fingerprint density at radius 3 is 2.68 bits per heavy atom. The highest BCUT2D eigenvalue weighted by Crippen LogP contribution is 2.19. The molecule has 1 aliphatic heterocycles. The van der Waals surface area contributed by atoms with Gasteiger partial charge in [-0.1, -0.05) is 26.0 Å². The van der Waals surface area contributed by atoms with E-state index in [0.29, 0.717) is 18.1 Å². The van der Waals surface area contributed by atoms with Gasteiger partial charge in [0, 0.05) is 38.6 Å². The van der Waals surface area contributed by atoms with Gasteiger partial charge in [0.15, 0.2) is 0 Å². The summed E-state index contributed by atoms with van der Waals surface area (Å²) in [5, 5.41) is 10.5. The first-order chi connectivity index (χ1) is 13.1. The lowest BCUT2D eigenvalue weighted by Gasteiger charge is -2.26. The molecular weight excluding hydrogens is 383 g/mol. The zero-order valence-electron chi connectivity index (χ0n) is 16.3. The van der Waals surface area contributed by atoms with Crippen LogP contribution in [0.15, 0.2) is 24.3 Å². The van der Waals surface area contributed by atoms with Gasteiger partial charge in [-0.2, -0.15) is 0 Å². The fraction of sp³-hybridized carbons (Fsp3) is 0.526. The number of rotatable bonds is 7. The number of carbonyl (C=O) groups is 1. The Morgan fingerprint density at radius 2 is 2.00 bits per heavy atom. The van der Waals surface area contributed by atoms with Gasteiger partial charge in [0.2, 0.25) is 5.82 Å². The molecule has 1 aliphatic rings. The molecule has 1 saturated heterocycles. The van der Waals surface area contributed by atoms with Crippen LogP contribution in [0.25, 0.3) is 5.69 Å². The Kier molecular flexibility index (Phi) is 8.35. The van der Waals surface area contributed by atoms with E-state index in [2.05, 4.69) is 25.6 Å². The summed E-state index contributed by atoms with van der Waals surface area (Å²) in [6.45, 7) is 9.52. The Morgan fingerprint density at radius 1 is 1.29 bits per heavy atom. The number of para-hydroxylation sites is 1. The van der Waals surface area contributed by atoms with Crippen LogP contribution < -0.4 is 10.6 Å². The van der Waals surface area contributed by atoms with Gasteiger partial charge in [-0.05, 0) is 25.1 Å². The van der Waals surface area contributed by atoms with Crippen LogP contribution in [0.4, 0.5) is 4.39 Å². The number of hydrogen-bond donors (Lipinski definition) is 2. The van der Waals surface area contributed by atoms with Crippen molar-refractivity contribution >= 4 is 18.3 Å². The molecule has 0 spiro atoms. The van der Waals surface area contributed by atoms with Gasteiger partial charge < -0.3 is 15.5 Å². The van der Waals surface area contributed by atoms with Crippen molar-refractivity contribution < 1.29 is 9.18 Å².